The van der Waals surface area contributed by atoms with Crippen molar-refractivity contribution < 1.29 is 14.6 Å². The minimum Gasteiger partial charge on any atom is -0.489 e. The lowest BCUT2D eigenvalue weighted by Gasteiger charge is -2.34. The highest BCUT2D eigenvalue weighted by Gasteiger charge is 2.37. The predicted octanol–water partition coefficient (Wildman–Crippen LogP) is 2.66. The number of aliphatic carboxylic acids is 1. The summed E-state index contributed by atoms with van der Waals surface area (Å²) in [5, 5.41) is 9.27. The second-order valence-electron chi connectivity index (χ2n) is 5.04. The van der Waals surface area contributed by atoms with E-state index in [1.807, 2.05) is 39.0 Å². The average molecular weight is 234 g/mol. The summed E-state index contributed by atoms with van der Waals surface area (Å²) >= 11 is 0. The third-order valence-corrected chi connectivity index (χ3v) is 3.36. The van der Waals surface area contributed by atoms with Crippen LogP contribution in [0.4, 0.5) is 0 Å². The highest BCUT2D eigenvalue weighted by atomic mass is 16.5. The van der Waals surface area contributed by atoms with Crippen LogP contribution >= 0.6 is 0 Å². The maximum Gasteiger partial charge on any atom is 0.310 e. The highest BCUT2D eigenvalue weighted by Crippen LogP contribution is 2.36. The summed E-state index contributed by atoms with van der Waals surface area (Å²) in [4.78, 5) is 11.3. The minimum atomic E-state index is -0.768. The highest BCUT2D eigenvalue weighted by molar-refractivity contribution is 5.72. The maximum atomic E-state index is 11.3. The molecule has 2 rings (SSSR count). The number of hydrogen-bond acceptors (Lipinski definition) is 2. The van der Waals surface area contributed by atoms with Gasteiger partial charge >= 0.3 is 5.97 Å². The summed E-state index contributed by atoms with van der Waals surface area (Å²) in [5.74, 6) is -0.132. The van der Waals surface area contributed by atoms with Crippen LogP contribution in [0.5, 0.6) is 5.75 Å². The van der Waals surface area contributed by atoms with Gasteiger partial charge in [-0.25, -0.2) is 0 Å². The summed E-state index contributed by atoms with van der Waals surface area (Å²) in [7, 11) is 0. The van der Waals surface area contributed by atoms with E-state index in [9.17, 15) is 9.90 Å². The van der Waals surface area contributed by atoms with Crippen molar-refractivity contribution >= 4 is 5.97 Å². The van der Waals surface area contributed by atoms with E-state index in [0.717, 1.165) is 16.9 Å². The van der Waals surface area contributed by atoms with Crippen LogP contribution in [0.2, 0.25) is 0 Å². The quantitative estimate of drug-likeness (QED) is 0.855. The molecule has 0 saturated heterocycles. The Hall–Kier alpha value is -1.51. The molecule has 1 aliphatic heterocycles. The SMILES string of the molecule is Cc1cccc2c1OC(C(C)C)C(C(=O)O)C2. The first-order chi connectivity index (χ1) is 8.00. The molecule has 0 bridgehead atoms. The van der Waals surface area contributed by atoms with E-state index in [2.05, 4.69) is 0 Å². The van der Waals surface area contributed by atoms with Gasteiger partial charge in [-0.05, 0) is 30.4 Å². The third-order valence-electron chi connectivity index (χ3n) is 3.36. The van der Waals surface area contributed by atoms with Crippen molar-refractivity contribution in [2.75, 3.05) is 0 Å². The van der Waals surface area contributed by atoms with Gasteiger partial charge in [0.15, 0.2) is 0 Å². The second kappa shape index (κ2) is 4.40. The van der Waals surface area contributed by atoms with Crippen LogP contribution in [0, 0.1) is 18.8 Å². The molecule has 1 aliphatic rings. The summed E-state index contributed by atoms with van der Waals surface area (Å²) < 4.78 is 5.92. The molecule has 3 heteroatoms. The van der Waals surface area contributed by atoms with Crippen LogP contribution in [-0.4, -0.2) is 17.2 Å². The molecule has 2 atom stereocenters. The molecule has 1 aromatic carbocycles. The number of carboxylic acids is 1. The van der Waals surface area contributed by atoms with E-state index in [0.29, 0.717) is 6.42 Å². The van der Waals surface area contributed by atoms with Gasteiger partial charge in [0.05, 0.1) is 5.92 Å². The molecule has 0 fully saturated rings. The fourth-order valence-electron chi connectivity index (χ4n) is 2.44. The molecule has 0 saturated carbocycles. The van der Waals surface area contributed by atoms with Crippen molar-refractivity contribution in [1.29, 1.82) is 0 Å². The summed E-state index contributed by atoms with van der Waals surface area (Å²) in [6.07, 6.45) is 0.330. The Balaban J connectivity index is 2.40. The lowest BCUT2D eigenvalue weighted by Crippen LogP contribution is -2.41. The van der Waals surface area contributed by atoms with Gasteiger partial charge in [0.1, 0.15) is 11.9 Å². The van der Waals surface area contributed by atoms with E-state index in [1.165, 1.54) is 0 Å². The van der Waals surface area contributed by atoms with Crippen molar-refractivity contribution in [2.24, 2.45) is 11.8 Å². The number of ether oxygens (including phenoxy) is 1. The summed E-state index contributed by atoms with van der Waals surface area (Å²) in [6.45, 7) is 6.01. The van der Waals surface area contributed by atoms with Crippen molar-refractivity contribution in [3.05, 3.63) is 29.3 Å². The largest absolute Gasteiger partial charge is 0.489 e. The number of fused-ring (bicyclic) bond motifs is 1. The van der Waals surface area contributed by atoms with Gasteiger partial charge in [-0.15, -0.1) is 0 Å². The van der Waals surface area contributed by atoms with Gasteiger partial charge in [0.2, 0.25) is 0 Å². The molecule has 1 heterocycles. The third kappa shape index (κ3) is 2.14. The molecule has 0 aliphatic carbocycles. The Kier molecular flexibility index (Phi) is 3.09. The van der Waals surface area contributed by atoms with E-state index in [-0.39, 0.29) is 12.0 Å². The molecule has 0 radical (unpaired) electrons. The minimum absolute atomic E-state index is 0.198. The van der Waals surface area contributed by atoms with Crippen LogP contribution in [0.3, 0.4) is 0 Å². The van der Waals surface area contributed by atoms with Crippen LogP contribution in [0.1, 0.15) is 25.0 Å². The molecule has 1 N–H and O–H groups in total. The van der Waals surface area contributed by atoms with Gasteiger partial charge < -0.3 is 9.84 Å². The Morgan fingerprint density at radius 3 is 2.76 bits per heavy atom. The standard InChI is InChI=1S/C14H18O3/c1-8(2)12-11(14(15)16)7-10-6-4-5-9(3)13(10)17-12/h4-6,8,11-12H,7H2,1-3H3,(H,15,16). The zero-order valence-electron chi connectivity index (χ0n) is 10.4. The first-order valence-corrected chi connectivity index (χ1v) is 5.98. The second-order valence-corrected chi connectivity index (χ2v) is 5.04. The first kappa shape index (κ1) is 12.0. The van der Waals surface area contributed by atoms with Gasteiger partial charge in [-0.3, -0.25) is 4.79 Å². The van der Waals surface area contributed by atoms with Crippen molar-refractivity contribution in [2.45, 2.75) is 33.3 Å². The van der Waals surface area contributed by atoms with Gasteiger partial charge in [-0.1, -0.05) is 32.0 Å². The fourth-order valence-corrected chi connectivity index (χ4v) is 2.44. The molecule has 17 heavy (non-hydrogen) atoms. The number of para-hydroxylation sites is 1. The smallest absolute Gasteiger partial charge is 0.310 e. The Labute approximate surface area is 101 Å². The number of hydrogen-bond donors (Lipinski definition) is 1. The van der Waals surface area contributed by atoms with E-state index < -0.39 is 11.9 Å². The van der Waals surface area contributed by atoms with E-state index in [1.54, 1.807) is 0 Å². The number of carbonyl (C=O) groups is 1. The van der Waals surface area contributed by atoms with Gasteiger partial charge in [-0.2, -0.15) is 0 Å². The van der Waals surface area contributed by atoms with Gasteiger partial charge in [0, 0.05) is 0 Å². The summed E-state index contributed by atoms with van der Waals surface area (Å²) in [5.41, 5.74) is 2.09. The molecule has 1 aromatic rings. The van der Waals surface area contributed by atoms with Crippen LogP contribution in [0.15, 0.2) is 18.2 Å². The molecule has 3 nitrogen and oxygen atoms in total. The lowest BCUT2D eigenvalue weighted by molar-refractivity contribution is -0.146. The first-order valence-electron chi connectivity index (χ1n) is 5.98. The van der Waals surface area contributed by atoms with Crippen LogP contribution in [0.25, 0.3) is 0 Å². The van der Waals surface area contributed by atoms with Crippen molar-refractivity contribution in [3.63, 3.8) is 0 Å². The number of benzene rings is 1. The molecule has 2 unspecified atom stereocenters. The number of carboxylic acid groups (broad SMARTS) is 1. The predicted molar refractivity (Wildman–Crippen MR) is 65.3 cm³/mol. The molecular formula is C14H18O3. The fraction of sp³-hybridized carbons (Fsp3) is 0.500. The monoisotopic (exact) mass is 234 g/mol. The average Bonchev–Trinajstić information content (AvgIpc) is 2.27. The zero-order chi connectivity index (χ0) is 12.6. The molecular weight excluding hydrogens is 216 g/mol. The van der Waals surface area contributed by atoms with Crippen LogP contribution < -0.4 is 4.74 Å². The number of aryl methyl sites for hydroxylation is 1. The van der Waals surface area contributed by atoms with Gasteiger partial charge in [0.25, 0.3) is 0 Å². The Bertz CT molecular complexity index is 437. The van der Waals surface area contributed by atoms with Crippen LogP contribution in [-0.2, 0) is 11.2 Å². The topological polar surface area (TPSA) is 46.5 Å². The number of rotatable bonds is 2. The normalized spacial score (nSPS) is 23.1. The Morgan fingerprint density at radius 1 is 1.47 bits per heavy atom. The molecule has 0 amide bonds. The maximum absolute atomic E-state index is 11.3. The van der Waals surface area contributed by atoms with E-state index in [4.69, 9.17) is 4.74 Å². The zero-order valence-corrected chi connectivity index (χ0v) is 10.4. The molecule has 92 valence electrons. The van der Waals surface area contributed by atoms with E-state index >= 15 is 0 Å². The van der Waals surface area contributed by atoms with Crippen molar-refractivity contribution in [3.8, 4) is 5.75 Å². The Morgan fingerprint density at radius 2 is 2.18 bits per heavy atom. The lowest BCUT2D eigenvalue weighted by atomic mass is 9.84. The summed E-state index contributed by atoms with van der Waals surface area (Å²) in [6, 6.07) is 5.90. The van der Waals surface area contributed by atoms with Crippen molar-refractivity contribution in [1.82, 2.24) is 0 Å². The molecule has 0 aromatic heterocycles. The molecule has 0 spiro atoms.